The molecule has 23 heavy (non-hydrogen) atoms. The van der Waals surface area contributed by atoms with E-state index in [1.807, 2.05) is 25.7 Å². The highest BCUT2D eigenvalue weighted by Crippen LogP contribution is 2.30. The molecule has 3 heterocycles. The number of furan rings is 1. The first-order valence-electron chi connectivity index (χ1n) is 7.47. The molecule has 2 aromatic rings. The van der Waals surface area contributed by atoms with Crippen molar-refractivity contribution >= 4 is 28.3 Å². The lowest BCUT2D eigenvalue weighted by Crippen LogP contribution is -2.42. The Kier molecular flexibility index (Phi) is 3.97. The maximum absolute atomic E-state index is 12.4. The summed E-state index contributed by atoms with van der Waals surface area (Å²) in [7, 11) is 0. The number of hydrogen-bond donors (Lipinski definition) is 1. The predicted octanol–water partition coefficient (Wildman–Crippen LogP) is 2.92. The van der Waals surface area contributed by atoms with E-state index in [1.165, 1.54) is 17.6 Å². The normalized spacial score (nSPS) is 14.5. The molecule has 3 rings (SSSR count). The molecule has 0 unspecified atom stereocenters. The molecule has 0 radical (unpaired) electrons. The number of anilines is 1. The Bertz CT molecular complexity index is 728. The minimum atomic E-state index is -0.390. The Labute approximate surface area is 138 Å². The second kappa shape index (κ2) is 5.81. The van der Waals surface area contributed by atoms with Gasteiger partial charge in [0.2, 0.25) is 5.91 Å². The minimum absolute atomic E-state index is 0.137. The highest BCUT2D eigenvalue weighted by atomic mass is 32.1. The molecule has 0 bridgehead atoms. The van der Waals surface area contributed by atoms with Crippen molar-refractivity contribution < 1.29 is 14.0 Å². The molecule has 0 saturated heterocycles. The van der Waals surface area contributed by atoms with Crippen molar-refractivity contribution in [2.24, 2.45) is 5.41 Å². The number of amides is 2. The zero-order valence-corrected chi connectivity index (χ0v) is 14.2. The summed E-state index contributed by atoms with van der Waals surface area (Å²) in [5.41, 5.74) is 0.570. The highest BCUT2D eigenvalue weighted by molar-refractivity contribution is 7.15. The number of nitrogens with zero attached hydrogens (tertiary/aromatic N) is 2. The van der Waals surface area contributed by atoms with Crippen LogP contribution in [0, 0.1) is 5.41 Å². The SMILES string of the molecule is CC(C)(C)C(=O)N1CCc2nc(NC(=O)c3ccco3)sc2C1. The van der Waals surface area contributed by atoms with Crippen molar-refractivity contribution in [3.05, 3.63) is 34.7 Å². The monoisotopic (exact) mass is 333 g/mol. The Morgan fingerprint density at radius 3 is 2.83 bits per heavy atom. The lowest BCUT2D eigenvalue weighted by atomic mass is 9.94. The number of carbonyl (C=O) groups is 2. The van der Waals surface area contributed by atoms with Crippen molar-refractivity contribution in [1.82, 2.24) is 9.88 Å². The maximum Gasteiger partial charge on any atom is 0.293 e. The number of thiazole rings is 1. The molecule has 0 atom stereocenters. The molecule has 0 spiro atoms. The Morgan fingerprint density at radius 2 is 2.17 bits per heavy atom. The molecule has 0 saturated carbocycles. The third-order valence-electron chi connectivity index (χ3n) is 3.63. The number of nitrogens with one attached hydrogen (secondary N) is 1. The van der Waals surface area contributed by atoms with Gasteiger partial charge in [0, 0.05) is 23.3 Å². The Balaban J connectivity index is 1.72. The van der Waals surface area contributed by atoms with Crippen LogP contribution in [0.25, 0.3) is 0 Å². The van der Waals surface area contributed by atoms with Gasteiger partial charge < -0.3 is 9.32 Å². The molecular weight excluding hydrogens is 314 g/mol. The van der Waals surface area contributed by atoms with Crippen LogP contribution in [-0.2, 0) is 17.8 Å². The van der Waals surface area contributed by atoms with E-state index in [0.717, 1.165) is 10.6 Å². The van der Waals surface area contributed by atoms with Crippen molar-refractivity contribution in [3.8, 4) is 0 Å². The zero-order valence-electron chi connectivity index (χ0n) is 13.4. The average Bonchev–Trinajstić information content (AvgIpc) is 3.13. The van der Waals surface area contributed by atoms with E-state index in [2.05, 4.69) is 10.3 Å². The summed E-state index contributed by atoms with van der Waals surface area (Å²) in [5.74, 6) is 0.0733. The fraction of sp³-hybridized carbons (Fsp3) is 0.438. The van der Waals surface area contributed by atoms with Crippen LogP contribution in [0.4, 0.5) is 5.13 Å². The summed E-state index contributed by atoms with van der Waals surface area (Å²) in [4.78, 5) is 31.7. The van der Waals surface area contributed by atoms with Gasteiger partial charge in [-0.25, -0.2) is 4.98 Å². The topological polar surface area (TPSA) is 75.4 Å². The van der Waals surface area contributed by atoms with Gasteiger partial charge in [-0.1, -0.05) is 32.1 Å². The predicted molar refractivity (Wildman–Crippen MR) is 87.4 cm³/mol. The van der Waals surface area contributed by atoms with Crippen molar-refractivity contribution in [2.75, 3.05) is 11.9 Å². The van der Waals surface area contributed by atoms with Crippen LogP contribution in [0.15, 0.2) is 22.8 Å². The highest BCUT2D eigenvalue weighted by Gasteiger charge is 2.31. The molecule has 7 heteroatoms. The van der Waals surface area contributed by atoms with E-state index < -0.39 is 5.41 Å². The van der Waals surface area contributed by atoms with E-state index in [0.29, 0.717) is 24.6 Å². The quantitative estimate of drug-likeness (QED) is 0.917. The molecule has 6 nitrogen and oxygen atoms in total. The third-order valence-corrected chi connectivity index (χ3v) is 4.62. The molecule has 122 valence electrons. The van der Waals surface area contributed by atoms with Gasteiger partial charge in [-0.3, -0.25) is 14.9 Å². The first kappa shape index (κ1) is 15.7. The van der Waals surface area contributed by atoms with Gasteiger partial charge >= 0.3 is 0 Å². The second-order valence-corrected chi connectivity index (χ2v) is 7.63. The molecule has 1 aliphatic heterocycles. The summed E-state index contributed by atoms with van der Waals surface area (Å²) in [6.07, 6.45) is 2.17. The van der Waals surface area contributed by atoms with E-state index >= 15 is 0 Å². The summed E-state index contributed by atoms with van der Waals surface area (Å²) >= 11 is 1.41. The number of carbonyl (C=O) groups excluding carboxylic acids is 2. The van der Waals surface area contributed by atoms with Gasteiger partial charge in [0.1, 0.15) is 0 Å². The lowest BCUT2D eigenvalue weighted by molar-refractivity contribution is -0.140. The van der Waals surface area contributed by atoms with Crippen molar-refractivity contribution in [1.29, 1.82) is 0 Å². The van der Waals surface area contributed by atoms with Gasteiger partial charge in [0.25, 0.3) is 5.91 Å². The summed E-state index contributed by atoms with van der Waals surface area (Å²) in [6, 6.07) is 3.27. The van der Waals surface area contributed by atoms with Crippen LogP contribution in [0.5, 0.6) is 0 Å². The number of aromatic nitrogens is 1. The van der Waals surface area contributed by atoms with Gasteiger partial charge in [-0.05, 0) is 12.1 Å². The number of rotatable bonds is 2. The second-order valence-electron chi connectivity index (χ2n) is 6.55. The van der Waals surface area contributed by atoms with Gasteiger partial charge in [0.15, 0.2) is 10.9 Å². The van der Waals surface area contributed by atoms with Crippen LogP contribution in [0.1, 0.15) is 41.9 Å². The molecule has 1 N–H and O–H groups in total. The molecular formula is C16H19N3O3S. The Morgan fingerprint density at radius 1 is 1.39 bits per heavy atom. The van der Waals surface area contributed by atoms with E-state index in [4.69, 9.17) is 4.42 Å². The lowest BCUT2D eigenvalue weighted by Gasteiger charge is -2.31. The smallest absolute Gasteiger partial charge is 0.293 e. The number of fused-ring (bicyclic) bond motifs is 1. The van der Waals surface area contributed by atoms with Crippen LogP contribution in [0.3, 0.4) is 0 Å². The van der Waals surface area contributed by atoms with E-state index in [9.17, 15) is 9.59 Å². The van der Waals surface area contributed by atoms with Gasteiger partial charge in [-0.15, -0.1) is 0 Å². The maximum atomic E-state index is 12.4. The van der Waals surface area contributed by atoms with Crippen LogP contribution in [0.2, 0.25) is 0 Å². The van der Waals surface area contributed by atoms with Crippen molar-refractivity contribution in [3.63, 3.8) is 0 Å². The first-order chi connectivity index (χ1) is 10.8. The van der Waals surface area contributed by atoms with E-state index in [1.54, 1.807) is 12.1 Å². The van der Waals surface area contributed by atoms with Crippen LogP contribution in [-0.4, -0.2) is 28.2 Å². The summed E-state index contributed by atoms with van der Waals surface area (Å²) < 4.78 is 5.07. The number of hydrogen-bond acceptors (Lipinski definition) is 5. The van der Waals surface area contributed by atoms with Gasteiger partial charge in [0.05, 0.1) is 18.5 Å². The molecule has 0 aliphatic carbocycles. The molecule has 2 aromatic heterocycles. The first-order valence-corrected chi connectivity index (χ1v) is 8.29. The molecule has 1 aliphatic rings. The van der Waals surface area contributed by atoms with Crippen LogP contribution >= 0.6 is 11.3 Å². The van der Waals surface area contributed by atoms with E-state index in [-0.39, 0.29) is 17.6 Å². The summed E-state index contributed by atoms with van der Waals surface area (Å²) in [5, 5.41) is 3.29. The minimum Gasteiger partial charge on any atom is -0.459 e. The standard InChI is InChI=1S/C16H19N3O3S/c1-16(2,3)14(21)19-7-6-10-12(9-19)23-15(17-10)18-13(20)11-5-4-8-22-11/h4-5,8H,6-7,9H2,1-3H3,(H,17,18,20). The van der Waals surface area contributed by atoms with Gasteiger partial charge in [-0.2, -0.15) is 0 Å². The fourth-order valence-corrected chi connectivity index (χ4v) is 3.48. The average molecular weight is 333 g/mol. The van der Waals surface area contributed by atoms with Crippen molar-refractivity contribution in [2.45, 2.75) is 33.7 Å². The van der Waals surface area contributed by atoms with Crippen LogP contribution < -0.4 is 5.32 Å². The largest absolute Gasteiger partial charge is 0.459 e. The molecule has 0 fully saturated rings. The fourth-order valence-electron chi connectivity index (χ4n) is 2.46. The molecule has 2 amide bonds. The Hall–Kier alpha value is -2.15. The summed E-state index contributed by atoms with van der Waals surface area (Å²) in [6.45, 7) is 6.99. The zero-order chi connectivity index (χ0) is 16.6. The third kappa shape index (κ3) is 3.29. The molecule has 0 aromatic carbocycles.